The number of esters is 1. The number of imidazole rings is 1. The SMILES string of the molecule is CCC(OC(=O)c1ccccc1-c1nc2ccccc2[nH]1)C(=O)Nc1cc(C)on1. The molecule has 30 heavy (non-hydrogen) atoms. The molecule has 0 saturated carbocycles. The van der Waals surface area contributed by atoms with E-state index in [0.717, 1.165) is 11.0 Å². The second-order valence-electron chi connectivity index (χ2n) is 6.76. The van der Waals surface area contributed by atoms with Gasteiger partial charge in [-0.15, -0.1) is 0 Å². The fourth-order valence-electron chi connectivity index (χ4n) is 3.09. The first-order valence-electron chi connectivity index (χ1n) is 9.54. The summed E-state index contributed by atoms with van der Waals surface area (Å²) in [5.41, 5.74) is 2.58. The second kappa shape index (κ2) is 8.20. The van der Waals surface area contributed by atoms with Crippen molar-refractivity contribution >= 4 is 28.7 Å². The summed E-state index contributed by atoms with van der Waals surface area (Å²) in [6.45, 7) is 3.48. The molecule has 1 atom stereocenters. The number of carbonyl (C=O) groups excluding carboxylic acids is 2. The predicted octanol–water partition coefficient (Wildman–Crippen LogP) is 4.10. The zero-order valence-electron chi connectivity index (χ0n) is 16.5. The number of H-pyrrole nitrogens is 1. The van der Waals surface area contributed by atoms with Gasteiger partial charge in [0.15, 0.2) is 11.9 Å². The van der Waals surface area contributed by atoms with Crippen molar-refractivity contribution < 1.29 is 18.8 Å². The smallest absolute Gasteiger partial charge is 0.339 e. The molecular weight excluding hydrogens is 384 g/mol. The van der Waals surface area contributed by atoms with Crippen LogP contribution >= 0.6 is 0 Å². The van der Waals surface area contributed by atoms with Crippen LogP contribution in [0.4, 0.5) is 5.82 Å². The van der Waals surface area contributed by atoms with E-state index in [4.69, 9.17) is 9.26 Å². The van der Waals surface area contributed by atoms with Gasteiger partial charge < -0.3 is 19.6 Å². The molecular formula is C22H20N4O4. The van der Waals surface area contributed by atoms with E-state index in [1.807, 2.05) is 30.3 Å². The van der Waals surface area contributed by atoms with Gasteiger partial charge in [-0.25, -0.2) is 9.78 Å². The van der Waals surface area contributed by atoms with E-state index in [0.29, 0.717) is 29.1 Å². The molecule has 0 spiro atoms. The number of aryl methyl sites for hydroxylation is 1. The number of carbonyl (C=O) groups is 2. The number of hydrogen-bond donors (Lipinski definition) is 2. The van der Waals surface area contributed by atoms with Gasteiger partial charge in [-0.3, -0.25) is 4.79 Å². The molecule has 4 aromatic rings. The van der Waals surface area contributed by atoms with E-state index in [1.54, 1.807) is 38.1 Å². The van der Waals surface area contributed by atoms with Crippen LogP contribution in [0.1, 0.15) is 29.5 Å². The Kier molecular flexibility index (Phi) is 5.30. The van der Waals surface area contributed by atoms with Crippen LogP contribution in [0.2, 0.25) is 0 Å². The third kappa shape index (κ3) is 3.93. The molecule has 0 saturated heterocycles. The van der Waals surface area contributed by atoms with E-state index in [-0.39, 0.29) is 5.82 Å². The third-order valence-corrected chi connectivity index (χ3v) is 4.58. The molecule has 0 bridgehead atoms. The quantitative estimate of drug-likeness (QED) is 0.468. The number of para-hydroxylation sites is 2. The lowest BCUT2D eigenvalue weighted by molar-refractivity contribution is -0.124. The monoisotopic (exact) mass is 404 g/mol. The number of hydrogen-bond acceptors (Lipinski definition) is 6. The average molecular weight is 404 g/mol. The Bertz CT molecular complexity index is 1180. The van der Waals surface area contributed by atoms with Gasteiger partial charge >= 0.3 is 5.97 Å². The van der Waals surface area contributed by atoms with Crippen LogP contribution < -0.4 is 5.32 Å². The summed E-state index contributed by atoms with van der Waals surface area (Å²) >= 11 is 0. The fraction of sp³-hybridized carbons (Fsp3) is 0.182. The van der Waals surface area contributed by atoms with Gasteiger partial charge in [0.2, 0.25) is 0 Å². The summed E-state index contributed by atoms with van der Waals surface area (Å²) in [6.07, 6.45) is -0.667. The van der Waals surface area contributed by atoms with Crippen LogP contribution in [0, 0.1) is 6.92 Å². The molecule has 1 amide bonds. The maximum absolute atomic E-state index is 12.9. The largest absolute Gasteiger partial charge is 0.449 e. The molecule has 0 aliphatic rings. The molecule has 0 aliphatic carbocycles. The molecule has 2 heterocycles. The first-order valence-corrected chi connectivity index (χ1v) is 9.54. The zero-order valence-corrected chi connectivity index (χ0v) is 16.5. The van der Waals surface area contributed by atoms with Crippen LogP contribution in [-0.2, 0) is 9.53 Å². The Morgan fingerprint density at radius 1 is 1.17 bits per heavy atom. The van der Waals surface area contributed by atoms with Crippen LogP contribution in [0.3, 0.4) is 0 Å². The van der Waals surface area contributed by atoms with Gasteiger partial charge in [0.1, 0.15) is 11.6 Å². The number of nitrogens with one attached hydrogen (secondary N) is 2. The Morgan fingerprint density at radius 2 is 1.93 bits per heavy atom. The number of anilines is 1. The van der Waals surface area contributed by atoms with Crippen LogP contribution in [-0.4, -0.2) is 33.1 Å². The summed E-state index contributed by atoms with van der Waals surface area (Å²) in [5, 5.41) is 6.32. The van der Waals surface area contributed by atoms with Crippen LogP contribution in [0.25, 0.3) is 22.4 Å². The average Bonchev–Trinajstić information content (AvgIpc) is 3.37. The summed E-state index contributed by atoms with van der Waals surface area (Å²) in [6, 6.07) is 16.2. The van der Waals surface area contributed by atoms with Gasteiger partial charge in [0, 0.05) is 11.6 Å². The minimum absolute atomic E-state index is 0.273. The lowest BCUT2D eigenvalue weighted by Crippen LogP contribution is -2.32. The number of ether oxygens (including phenoxy) is 1. The number of fused-ring (bicyclic) bond motifs is 1. The Morgan fingerprint density at radius 3 is 2.67 bits per heavy atom. The van der Waals surface area contributed by atoms with E-state index in [1.165, 1.54) is 0 Å². The molecule has 152 valence electrons. The number of benzene rings is 2. The van der Waals surface area contributed by atoms with Gasteiger partial charge in [-0.05, 0) is 31.5 Å². The molecule has 4 rings (SSSR count). The zero-order chi connectivity index (χ0) is 21.1. The number of aromatic amines is 1. The number of aromatic nitrogens is 3. The minimum Gasteiger partial charge on any atom is -0.449 e. The standard InChI is InChI=1S/C22H20N4O4/c1-3-18(21(27)25-19-12-13(2)30-26-19)29-22(28)15-9-5-4-8-14(15)20-23-16-10-6-7-11-17(16)24-20/h4-12,18H,3H2,1-2H3,(H,23,24)(H,25,26,27). The first-order chi connectivity index (χ1) is 14.5. The van der Waals surface area contributed by atoms with E-state index in [9.17, 15) is 9.59 Å². The maximum atomic E-state index is 12.9. The Balaban J connectivity index is 1.56. The summed E-state index contributed by atoms with van der Waals surface area (Å²) in [5.74, 6) is 0.314. The number of nitrogens with zero attached hydrogens (tertiary/aromatic N) is 2. The van der Waals surface area contributed by atoms with Crippen molar-refractivity contribution in [1.82, 2.24) is 15.1 Å². The highest BCUT2D eigenvalue weighted by Crippen LogP contribution is 2.25. The summed E-state index contributed by atoms with van der Waals surface area (Å²) in [4.78, 5) is 33.2. The van der Waals surface area contributed by atoms with E-state index in [2.05, 4.69) is 20.4 Å². The van der Waals surface area contributed by atoms with Crippen molar-refractivity contribution in [3.63, 3.8) is 0 Å². The van der Waals surface area contributed by atoms with Crippen molar-refractivity contribution in [1.29, 1.82) is 0 Å². The van der Waals surface area contributed by atoms with Crippen molar-refractivity contribution in [2.45, 2.75) is 26.4 Å². The third-order valence-electron chi connectivity index (χ3n) is 4.58. The molecule has 2 aromatic heterocycles. The van der Waals surface area contributed by atoms with Gasteiger partial charge in [0.05, 0.1) is 16.6 Å². The topological polar surface area (TPSA) is 110 Å². The minimum atomic E-state index is -0.974. The van der Waals surface area contributed by atoms with E-state index < -0.39 is 18.0 Å². The Hall–Kier alpha value is -3.94. The van der Waals surface area contributed by atoms with Gasteiger partial charge in [-0.2, -0.15) is 0 Å². The predicted molar refractivity (Wildman–Crippen MR) is 111 cm³/mol. The fourth-order valence-corrected chi connectivity index (χ4v) is 3.09. The number of rotatable bonds is 6. The molecule has 0 fully saturated rings. The molecule has 1 unspecified atom stereocenters. The lowest BCUT2D eigenvalue weighted by Gasteiger charge is -2.16. The number of amides is 1. The molecule has 8 nitrogen and oxygen atoms in total. The molecule has 8 heteroatoms. The highest BCUT2D eigenvalue weighted by molar-refractivity contribution is 6.00. The molecule has 2 N–H and O–H groups in total. The summed E-state index contributed by atoms with van der Waals surface area (Å²) < 4.78 is 10.4. The second-order valence-corrected chi connectivity index (χ2v) is 6.76. The molecule has 0 aliphatic heterocycles. The van der Waals surface area contributed by atoms with E-state index >= 15 is 0 Å². The van der Waals surface area contributed by atoms with Crippen LogP contribution in [0.5, 0.6) is 0 Å². The summed E-state index contributed by atoms with van der Waals surface area (Å²) in [7, 11) is 0. The van der Waals surface area contributed by atoms with Crippen molar-refractivity contribution in [3.05, 3.63) is 65.9 Å². The highest BCUT2D eigenvalue weighted by Gasteiger charge is 2.25. The maximum Gasteiger partial charge on any atom is 0.339 e. The van der Waals surface area contributed by atoms with Crippen molar-refractivity contribution in [2.75, 3.05) is 5.32 Å². The van der Waals surface area contributed by atoms with Gasteiger partial charge in [-0.1, -0.05) is 42.4 Å². The van der Waals surface area contributed by atoms with Crippen molar-refractivity contribution in [3.8, 4) is 11.4 Å². The first kappa shape index (κ1) is 19.4. The van der Waals surface area contributed by atoms with Gasteiger partial charge in [0.25, 0.3) is 5.91 Å². The lowest BCUT2D eigenvalue weighted by atomic mass is 10.1. The Labute approximate surface area is 172 Å². The molecule has 2 aromatic carbocycles. The highest BCUT2D eigenvalue weighted by atomic mass is 16.5. The van der Waals surface area contributed by atoms with Crippen LogP contribution in [0.15, 0.2) is 59.1 Å². The van der Waals surface area contributed by atoms with Crippen molar-refractivity contribution in [2.24, 2.45) is 0 Å². The molecule has 0 radical (unpaired) electrons. The normalized spacial score (nSPS) is 11.9.